The minimum Gasteiger partial charge on any atom is -0.331 e. The lowest BCUT2D eigenvalue weighted by Crippen LogP contribution is -2.42. The monoisotopic (exact) mass is 277 g/mol. The van der Waals surface area contributed by atoms with Crippen molar-refractivity contribution in [1.82, 2.24) is 10.9 Å². The van der Waals surface area contributed by atoms with Gasteiger partial charge in [-0.05, 0) is 24.4 Å². The lowest BCUT2D eigenvalue weighted by molar-refractivity contribution is -0.137. The molecule has 0 atom stereocenters. The van der Waals surface area contributed by atoms with E-state index in [0.717, 1.165) is 6.07 Å². The Morgan fingerprint density at radius 2 is 1.83 bits per heavy atom. The molecule has 0 aliphatic rings. The molecule has 1 amide bonds. The maximum absolute atomic E-state index is 12.6. The van der Waals surface area contributed by atoms with E-state index in [9.17, 15) is 18.0 Å². The Morgan fingerprint density at radius 3 is 2.39 bits per heavy atom. The van der Waals surface area contributed by atoms with Crippen LogP contribution in [0, 0.1) is 0 Å². The van der Waals surface area contributed by atoms with Gasteiger partial charge >= 0.3 is 6.18 Å². The third-order valence-corrected chi connectivity index (χ3v) is 2.04. The zero-order valence-corrected chi connectivity index (χ0v) is 10.1. The molecule has 3 N–H and O–H groups in total. The maximum atomic E-state index is 12.6. The summed E-state index contributed by atoms with van der Waals surface area (Å²) in [4.78, 5) is 10.6. The van der Waals surface area contributed by atoms with Crippen LogP contribution in [0.25, 0.3) is 0 Å². The van der Waals surface area contributed by atoms with Crippen LogP contribution in [0.2, 0.25) is 0 Å². The zero-order chi connectivity index (χ0) is 13.8. The van der Waals surface area contributed by atoms with Gasteiger partial charge in [0.05, 0.1) is 11.3 Å². The number of hydrazine groups is 1. The van der Waals surface area contributed by atoms with Crippen molar-refractivity contribution < 1.29 is 18.0 Å². The number of halogens is 3. The number of thiocarbonyl (C=S) groups is 1. The second kappa shape index (κ2) is 5.67. The average molecular weight is 277 g/mol. The van der Waals surface area contributed by atoms with Gasteiger partial charge in [0.1, 0.15) is 0 Å². The molecule has 0 saturated heterocycles. The fourth-order valence-electron chi connectivity index (χ4n) is 1.14. The standard InChI is InChI=1S/C10H10F3N3OS/c1-6(17)15-16-9(18)14-8-5-3-2-4-7(8)10(11,12)13/h2-5H,1H3,(H,15,17)(H2,14,16,18). The topological polar surface area (TPSA) is 53.2 Å². The highest BCUT2D eigenvalue weighted by atomic mass is 32.1. The molecular weight excluding hydrogens is 267 g/mol. The van der Waals surface area contributed by atoms with E-state index >= 15 is 0 Å². The second-order valence-electron chi connectivity index (χ2n) is 3.30. The Labute approximate surface area is 107 Å². The molecule has 0 saturated carbocycles. The summed E-state index contributed by atoms with van der Waals surface area (Å²) >= 11 is 4.73. The van der Waals surface area contributed by atoms with Gasteiger partial charge in [-0.15, -0.1) is 0 Å². The van der Waals surface area contributed by atoms with Crippen LogP contribution in [0.3, 0.4) is 0 Å². The summed E-state index contributed by atoms with van der Waals surface area (Å²) < 4.78 is 37.9. The summed E-state index contributed by atoms with van der Waals surface area (Å²) in [5.74, 6) is -0.414. The fourth-order valence-corrected chi connectivity index (χ4v) is 1.30. The van der Waals surface area contributed by atoms with Crippen molar-refractivity contribution in [3.8, 4) is 0 Å². The van der Waals surface area contributed by atoms with Crippen LogP contribution in [-0.2, 0) is 11.0 Å². The first kappa shape index (κ1) is 14.2. The Kier molecular flexibility index (Phi) is 4.49. The molecule has 0 aliphatic heterocycles. The van der Waals surface area contributed by atoms with Crippen LogP contribution in [-0.4, -0.2) is 11.0 Å². The summed E-state index contributed by atoms with van der Waals surface area (Å²) in [6.45, 7) is 1.24. The highest BCUT2D eigenvalue weighted by molar-refractivity contribution is 7.80. The molecule has 0 radical (unpaired) electrons. The van der Waals surface area contributed by atoms with E-state index in [1.165, 1.54) is 25.1 Å². The molecule has 0 bridgehead atoms. The SMILES string of the molecule is CC(=O)NNC(=S)Nc1ccccc1C(F)(F)F. The third kappa shape index (κ3) is 4.21. The van der Waals surface area contributed by atoms with Gasteiger partial charge in [-0.25, -0.2) is 0 Å². The van der Waals surface area contributed by atoms with Gasteiger partial charge in [-0.2, -0.15) is 13.2 Å². The lowest BCUT2D eigenvalue weighted by Gasteiger charge is -2.15. The first-order valence-corrected chi connectivity index (χ1v) is 5.21. The van der Waals surface area contributed by atoms with E-state index in [-0.39, 0.29) is 10.8 Å². The number of para-hydroxylation sites is 1. The van der Waals surface area contributed by atoms with E-state index in [1.807, 2.05) is 0 Å². The number of alkyl halides is 3. The Morgan fingerprint density at radius 1 is 1.22 bits per heavy atom. The molecule has 0 unspecified atom stereocenters. The van der Waals surface area contributed by atoms with E-state index in [0.29, 0.717) is 0 Å². The molecule has 98 valence electrons. The molecule has 8 heteroatoms. The third-order valence-electron chi connectivity index (χ3n) is 1.83. The van der Waals surface area contributed by atoms with Crippen molar-refractivity contribution in [2.75, 3.05) is 5.32 Å². The molecular formula is C10H10F3N3OS. The van der Waals surface area contributed by atoms with Crippen molar-refractivity contribution in [1.29, 1.82) is 0 Å². The quantitative estimate of drug-likeness (QED) is 0.543. The van der Waals surface area contributed by atoms with E-state index in [4.69, 9.17) is 12.2 Å². The number of nitrogens with one attached hydrogen (secondary N) is 3. The van der Waals surface area contributed by atoms with Crippen LogP contribution in [0.5, 0.6) is 0 Å². The summed E-state index contributed by atoms with van der Waals surface area (Å²) in [7, 11) is 0. The molecule has 4 nitrogen and oxygen atoms in total. The molecule has 1 rings (SSSR count). The fraction of sp³-hybridized carbons (Fsp3) is 0.200. The van der Waals surface area contributed by atoms with Crippen molar-refractivity contribution in [2.24, 2.45) is 0 Å². The smallest absolute Gasteiger partial charge is 0.331 e. The Hall–Kier alpha value is -1.83. The number of anilines is 1. The highest BCUT2D eigenvalue weighted by Crippen LogP contribution is 2.34. The van der Waals surface area contributed by atoms with Crippen LogP contribution in [0.1, 0.15) is 12.5 Å². The number of carbonyl (C=O) groups excluding carboxylic acids is 1. The van der Waals surface area contributed by atoms with Gasteiger partial charge in [0.15, 0.2) is 5.11 Å². The average Bonchev–Trinajstić information content (AvgIpc) is 2.25. The molecule has 1 aromatic rings. The summed E-state index contributed by atoms with van der Waals surface area (Å²) in [5, 5.41) is 2.22. The Balaban J connectivity index is 2.79. The summed E-state index contributed by atoms with van der Waals surface area (Å²) in [6.07, 6.45) is -4.48. The molecule has 0 aromatic heterocycles. The lowest BCUT2D eigenvalue weighted by atomic mass is 10.2. The van der Waals surface area contributed by atoms with E-state index < -0.39 is 17.6 Å². The Bertz CT molecular complexity index is 462. The van der Waals surface area contributed by atoms with E-state index in [1.54, 1.807) is 0 Å². The van der Waals surface area contributed by atoms with Gasteiger partial charge in [-0.3, -0.25) is 15.6 Å². The number of hydrogen-bond donors (Lipinski definition) is 3. The number of amides is 1. The maximum Gasteiger partial charge on any atom is 0.418 e. The molecule has 0 spiro atoms. The van der Waals surface area contributed by atoms with Crippen molar-refractivity contribution >= 4 is 28.9 Å². The van der Waals surface area contributed by atoms with Crippen molar-refractivity contribution in [2.45, 2.75) is 13.1 Å². The first-order chi connectivity index (χ1) is 8.30. The van der Waals surface area contributed by atoms with E-state index in [2.05, 4.69) is 16.2 Å². The number of carbonyl (C=O) groups is 1. The predicted octanol–water partition coefficient (Wildman–Crippen LogP) is 2.04. The normalized spacial score (nSPS) is 10.7. The molecule has 0 heterocycles. The number of benzene rings is 1. The van der Waals surface area contributed by atoms with Crippen LogP contribution < -0.4 is 16.2 Å². The summed E-state index contributed by atoms with van der Waals surface area (Å²) in [5.41, 5.74) is 3.39. The predicted molar refractivity (Wildman–Crippen MR) is 64.6 cm³/mol. The van der Waals surface area contributed by atoms with Gasteiger partial charge in [-0.1, -0.05) is 12.1 Å². The number of rotatable bonds is 1. The van der Waals surface area contributed by atoms with Gasteiger partial charge < -0.3 is 5.32 Å². The van der Waals surface area contributed by atoms with Crippen LogP contribution >= 0.6 is 12.2 Å². The molecule has 0 fully saturated rings. The van der Waals surface area contributed by atoms with Crippen LogP contribution in [0.15, 0.2) is 24.3 Å². The molecule has 1 aromatic carbocycles. The minimum absolute atomic E-state index is 0.137. The first-order valence-electron chi connectivity index (χ1n) is 4.80. The van der Waals surface area contributed by atoms with Gasteiger partial charge in [0.25, 0.3) is 0 Å². The van der Waals surface area contributed by atoms with Crippen molar-refractivity contribution in [3.05, 3.63) is 29.8 Å². The van der Waals surface area contributed by atoms with Gasteiger partial charge in [0.2, 0.25) is 5.91 Å². The zero-order valence-electron chi connectivity index (χ0n) is 9.26. The minimum atomic E-state index is -4.48. The summed E-state index contributed by atoms with van der Waals surface area (Å²) in [6, 6.07) is 4.89. The largest absolute Gasteiger partial charge is 0.418 e. The van der Waals surface area contributed by atoms with Crippen LogP contribution in [0.4, 0.5) is 18.9 Å². The molecule has 0 aliphatic carbocycles. The number of hydrogen-bond acceptors (Lipinski definition) is 2. The van der Waals surface area contributed by atoms with Gasteiger partial charge in [0, 0.05) is 6.92 Å². The van der Waals surface area contributed by atoms with Crippen molar-refractivity contribution in [3.63, 3.8) is 0 Å². The molecule has 18 heavy (non-hydrogen) atoms. The highest BCUT2D eigenvalue weighted by Gasteiger charge is 2.33. The second-order valence-corrected chi connectivity index (χ2v) is 3.71.